The van der Waals surface area contributed by atoms with Crippen molar-refractivity contribution >= 4 is 5.97 Å². The summed E-state index contributed by atoms with van der Waals surface area (Å²) in [6.07, 6.45) is 1.58. The Morgan fingerprint density at radius 2 is 2.54 bits per heavy atom. The van der Waals surface area contributed by atoms with Gasteiger partial charge in [-0.25, -0.2) is 0 Å². The van der Waals surface area contributed by atoms with E-state index in [1.165, 1.54) is 7.11 Å². The van der Waals surface area contributed by atoms with E-state index in [0.29, 0.717) is 11.3 Å². The molecule has 1 heterocycles. The number of ether oxygens (including phenoxy) is 1. The molecule has 0 radical (unpaired) electrons. The van der Waals surface area contributed by atoms with Crippen LogP contribution in [0.4, 0.5) is 0 Å². The summed E-state index contributed by atoms with van der Waals surface area (Å²) in [4.78, 5) is 14.8. The highest BCUT2D eigenvalue weighted by Gasteiger charge is 2.07. The Bertz CT molecular complexity index is 355. The van der Waals surface area contributed by atoms with Gasteiger partial charge < -0.3 is 4.74 Å². The van der Waals surface area contributed by atoms with Crippen molar-refractivity contribution in [3.63, 3.8) is 0 Å². The third kappa shape index (κ3) is 2.27. The number of rotatable bonds is 2. The zero-order valence-electron chi connectivity index (χ0n) is 7.15. The van der Waals surface area contributed by atoms with Crippen LogP contribution in [-0.2, 0) is 16.0 Å². The summed E-state index contributed by atoms with van der Waals surface area (Å²) in [6, 6.07) is 5.22. The molecule has 0 N–H and O–H groups in total. The predicted molar refractivity (Wildman–Crippen MR) is 44.7 cm³/mol. The van der Waals surface area contributed by atoms with Crippen molar-refractivity contribution < 1.29 is 9.53 Å². The van der Waals surface area contributed by atoms with Gasteiger partial charge in [-0.1, -0.05) is 0 Å². The maximum Gasteiger partial charge on any atom is 0.311 e. The van der Waals surface area contributed by atoms with E-state index < -0.39 is 5.97 Å². The number of esters is 1. The Labute approximate surface area is 75.8 Å². The van der Waals surface area contributed by atoms with Crippen LogP contribution in [0.1, 0.15) is 11.3 Å². The second-order valence-electron chi connectivity index (χ2n) is 2.36. The molecular formula is C9H8N2O2. The molecule has 1 aromatic heterocycles. The Morgan fingerprint density at radius 1 is 1.77 bits per heavy atom. The van der Waals surface area contributed by atoms with Gasteiger partial charge in [0.2, 0.25) is 0 Å². The average molecular weight is 176 g/mol. The fourth-order valence-electron chi connectivity index (χ4n) is 0.890. The minimum Gasteiger partial charge on any atom is -0.469 e. The highest BCUT2D eigenvalue weighted by atomic mass is 16.5. The molecule has 0 fully saturated rings. The maximum absolute atomic E-state index is 10.9. The third-order valence-corrected chi connectivity index (χ3v) is 1.55. The molecule has 0 aromatic carbocycles. The van der Waals surface area contributed by atoms with Gasteiger partial charge in [-0.05, 0) is 12.1 Å². The number of hydrogen-bond acceptors (Lipinski definition) is 4. The van der Waals surface area contributed by atoms with Gasteiger partial charge in [0, 0.05) is 6.20 Å². The number of carbonyl (C=O) groups is 1. The Hall–Kier alpha value is -1.89. The Balaban J connectivity index is 2.89. The number of pyridine rings is 1. The van der Waals surface area contributed by atoms with Gasteiger partial charge in [-0.2, -0.15) is 5.26 Å². The molecule has 0 unspecified atom stereocenters. The number of methoxy groups -OCH3 is 1. The van der Waals surface area contributed by atoms with Gasteiger partial charge in [0.05, 0.1) is 24.8 Å². The molecule has 4 heteroatoms. The summed E-state index contributed by atoms with van der Waals surface area (Å²) in [6.45, 7) is 0. The van der Waals surface area contributed by atoms with Crippen molar-refractivity contribution in [3.05, 3.63) is 29.6 Å². The summed E-state index contributed by atoms with van der Waals surface area (Å²) < 4.78 is 4.47. The van der Waals surface area contributed by atoms with Crippen LogP contribution in [-0.4, -0.2) is 18.1 Å². The van der Waals surface area contributed by atoms with Crippen molar-refractivity contribution in [2.75, 3.05) is 7.11 Å². The predicted octanol–water partition coefficient (Wildman–Crippen LogP) is 0.669. The molecule has 1 aromatic rings. The molecule has 0 saturated heterocycles. The monoisotopic (exact) mass is 176 g/mol. The smallest absolute Gasteiger partial charge is 0.311 e. The average Bonchev–Trinajstić information content (AvgIpc) is 2.18. The normalized spacial score (nSPS) is 8.92. The Morgan fingerprint density at radius 3 is 3.15 bits per heavy atom. The van der Waals surface area contributed by atoms with Crippen molar-refractivity contribution in [3.8, 4) is 6.07 Å². The first-order valence-corrected chi connectivity index (χ1v) is 3.68. The highest BCUT2D eigenvalue weighted by Crippen LogP contribution is 2.04. The van der Waals surface area contributed by atoms with Crippen LogP contribution in [0.2, 0.25) is 0 Å². The zero-order valence-corrected chi connectivity index (χ0v) is 7.15. The number of nitriles is 1. The molecule has 1 rings (SSSR count). The molecular weight excluding hydrogens is 168 g/mol. The van der Waals surface area contributed by atoms with Gasteiger partial charge in [0.15, 0.2) is 0 Å². The van der Waals surface area contributed by atoms with Crippen LogP contribution in [0.5, 0.6) is 0 Å². The van der Waals surface area contributed by atoms with E-state index in [1.807, 2.05) is 6.07 Å². The molecule has 66 valence electrons. The minimum absolute atomic E-state index is 0.0419. The lowest BCUT2D eigenvalue weighted by molar-refractivity contribution is -0.139. The standard InChI is InChI=1S/C9H8N2O2/c1-13-9(12)5-8-7(6-10)3-2-4-11-8/h2-4H,5H2,1H3. The minimum atomic E-state index is -0.393. The molecule has 0 aliphatic rings. The van der Waals surface area contributed by atoms with E-state index in [0.717, 1.165) is 0 Å². The fourth-order valence-corrected chi connectivity index (χ4v) is 0.890. The zero-order chi connectivity index (χ0) is 9.68. The molecule has 0 saturated carbocycles. The van der Waals surface area contributed by atoms with Gasteiger partial charge in [0.25, 0.3) is 0 Å². The van der Waals surface area contributed by atoms with Gasteiger partial charge in [-0.3, -0.25) is 9.78 Å². The van der Waals surface area contributed by atoms with E-state index in [1.54, 1.807) is 18.3 Å². The van der Waals surface area contributed by atoms with Crippen molar-refractivity contribution in [2.45, 2.75) is 6.42 Å². The largest absolute Gasteiger partial charge is 0.469 e. The summed E-state index contributed by atoms with van der Waals surface area (Å²) in [7, 11) is 1.30. The third-order valence-electron chi connectivity index (χ3n) is 1.55. The SMILES string of the molecule is COC(=O)Cc1ncccc1C#N. The van der Waals surface area contributed by atoms with Gasteiger partial charge in [-0.15, -0.1) is 0 Å². The first-order chi connectivity index (χ1) is 6.27. The first-order valence-electron chi connectivity index (χ1n) is 3.68. The number of carbonyl (C=O) groups excluding carboxylic acids is 1. The lowest BCUT2D eigenvalue weighted by Gasteiger charge is -1.99. The van der Waals surface area contributed by atoms with E-state index >= 15 is 0 Å². The fraction of sp³-hybridized carbons (Fsp3) is 0.222. The van der Waals surface area contributed by atoms with Crippen LogP contribution in [0.3, 0.4) is 0 Å². The van der Waals surface area contributed by atoms with Crippen molar-refractivity contribution in [1.82, 2.24) is 4.98 Å². The topological polar surface area (TPSA) is 63.0 Å². The molecule has 4 nitrogen and oxygen atoms in total. The number of hydrogen-bond donors (Lipinski definition) is 0. The summed E-state index contributed by atoms with van der Waals surface area (Å²) >= 11 is 0. The van der Waals surface area contributed by atoms with Crippen molar-refractivity contribution in [1.29, 1.82) is 5.26 Å². The lowest BCUT2D eigenvalue weighted by atomic mass is 10.1. The van der Waals surface area contributed by atoms with Crippen molar-refractivity contribution in [2.24, 2.45) is 0 Å². The van der Waals surface area contributed by atoms with Gasteiger partial charge >= 0.3 is 5.97 Å². The summed E-state index contributed by atoms with van der Waals surface area (Å²) in [5.41, 5.74) is 0.866. The second-order valence-corrected chi connectivity index (χ2v) is 2.36. The summed E-state index contributed by atoms with van der Waals surface area (Å²) in [5, 5.41) is 8.66. The molecule has 0 spiro atoms. The van der Waals surface area contributed by atoms with E-state index in [2.05, 4.69) is 9.72 Å². The molecule has 0 aliphatic carbocycles. The quantitative estimate of drug-likeness (QED) is 0.621. The lowest BCUT2D eigenvalue weighted by Crippen LogP contribution is -2.07. The molecule has 0 atom stereocenters. The number of aromatic nitrogens is 1. The van der Waals surface area contributed by atoms with Crippen LogP contribution in [0.15, 0.2) is 18.3 Å². The van der Waals surface area contributed by atoms with Crippen LogP contribution in [0.25, 0.3) is 0 Å². The highest BCUT2D eigenvalue weighted by molar-refractivity contribution is 5.72. The van der Waals surface area contributed by atoms with Crippen LogP contribution < -0.4 is 0 Å². The van der Waals surface area contributed by atoms with E-state index in [4.69, 9.17) is 5.26 Å². The second kappa shape index (κ2) is 4.21. The first kappa shape index (κ1) is 9.20. The van der Waals surface area contributed by atoms with Crippen LogP contribution in [0, 0.1) is 11.3 Å². The molecule has 0 aliphatic heterocycles. The Kier molecular flexibility index (Phi) is 2.98. The van der Waals surface area contributed by atoms with E-state index in [9.17, 15) is 4.79 Å². The summed E-state index contributed by atoms with van der Waals surface area (Å²) in [5.74, 6) is -0.393. The molecule has 0 bridgehead atoms. The number of nitrogens with zero attached hydrogens (tertiary/aromatic N) is 2. The van der Waals surface area contributed by atoms with Crippen LogP contribution >= 0.6 is 0 Å². The van der Waals surface area contributed by atoms with Gasteiger partial charge in [0.1, 0.15) is 6.07 Å². The molecule has 0 amide bonds. The maximum atomic E-state index is 10.9. The van der Waals surface area contributed by atoms with E-state index in [-0.39, 0.29) is 6.42 Å². The molecule has 13 heavy (non-hydrogen) atoms.